The van der Waals surface area contributed by atoms with Gasteiger partial charge in [-0.25, -0.2) is 0 Å². The summed E-state index contributed by atoms with van der Waals surface area (Å²) in [6.07, 6.45) is 11.4. The normalized spacial score (nSPS) is 13.5. The first-order chi connectivity index (χ1) is 8.88. The van der Waals surface area contributed by atoms with Crippen LogP contribution in [0.3, 0.4) is 0 Å². The molecule has 3 nitrogen and oxygen atoms in total. The smallest absolute Gasteiger partial charge is 0.303 e. The molecule has 0 rings (SSSR count). The van der Waals surface area contributed by atoms with Gasteiger partial charge in [0.2, 0.25) is 0 Å². The van der Waals surface area contributed by atoms with Crippen LogP contribution in [0.5, 0.6) is 0 Å². The molecule has 0 radical (unpaired) electrons. The maximum atomic E-state index is 10.8. The predicted molar refractivity (Wildman–Crippen MR) is 81.2 cm³/mol. The highest BCUT2D eigenvalue weighted by molar-refractivity contribution is 5.67. The van der Waals surface area contributed by atoms with Crippen LogP contribution in [0.2, 0.25) is 0 Å². The van der Waals surface area contributed by atoms with Gasteiger partial charge in [0, 0.05) is 12.0 Å². The van der Waals surface area contributed by atoms with E-state index in [0.29, 0.717) is 0 Å². The van der Waals surface area contributed by atoms with Gasteiger partial charge >= 0.3 is 5.97 Å². The van der Waals surface area contributed by atoms with Crippen molar-refractivity contribution >= 4 is 5.97 Å². The maximum Gasteiger partial charge on any atom is 0.303 e. The number of carboxylic acids is 1. The lowest BCUT2D eigenvalue weighted by atomic mass is 9.82. The molecular formula is C16H33NO2. The van der Waals surface area contributed by atoms with Crippen LogP contribution in [0.25, 0.3) is 0 Å². The summed E-state index contributed by atoms with van der Waals surface area (Å²) in [4.78, 5) is 10.8. The van der Waals surface area contributed by atoms with Gasteiger partial charge in [-0.3, -0.25) is 4.79 Å². The van der Waals surface area contributed by atoms with E-state index in [1.807, 2.05) is 13.8 Å². The molecule has 0 bridgehead atoms. The average Bonchev–Trinajstić information content (AvgIpc) is 2.29. The van der Waals surface area contributed by atoms with E-state index in [2.05, 4.69) is 6.92 Å². The molecule has 0 aliphatic rings. The predicted octanol–water partition coefficient (Wildman–Crippen LogP) is 4.35. The zero-order chi connectivity index (χ0) is 14.7. The lowest BCUT2D eigenvalue weighted by Crippen LogP contribution is -2.41. The lowest BCUT2D eigenvalue weighted by molar-refractivity contribution is -0.138. The van der Waals surface area contributed by atoms with Crippen LogP contribution in [-0.2, 0) is 4.79 Å². The van der Waals surface area contributed by atoms with E-state index in [1.54, 1.807) is 0 Å². The molecule has 0 fully saturated rings. The lowest BCUT2D eigenvalue weighted by Gasteiger charge is -2.29. The van der Waals surface area contributed by atoms with Gasteiger partial charge in [-0.15, -0.1) is 0 Å². The Morgan fingerprint density at radius 3 is 1.95 bits per heavy atom. The van der Waals surface area contributed by atoms with Crippen molar-refractivity contribution in [3.05, 3.63) is 0 Å². The number of nitrogens with two attached hydrogens (primary N) is 1. The summed E-state index contributed by atoms with van der Waals surface area (Å²) in [6, 6.07) is 0. The zero-order valence-electron chi connectivity index (χ0n) is 13.1. The summed E-state index contributed by atoms with van der Waals surface area (Å²) in [5, 5.41) is 8.91. The van der Waals surface area contributed by atoms with Crippen molar-refractivity contribution in [1.29, 1.82) is 0 Å². The molecule has 0 spiro atoms. The number of carboxylic acid groups (broad SMARTS) is 1. The van der Waals surface area contributed by atoms with Crippen LogP contribution in [-0.4, -0.2) is 16.6 Å². The second-order valence-corrected chi connectivity index (χ2v) is 6.38. The molecule has 0 aromatic heterocycles. The minimum atomic E-state index is -0.733. The van der Waals surface area contributed by atoms with E-state index in [-0.39, 0.29) is 17.9 Å². The first kappa shape index (κ1) is 18.4. The molecule has 0 aliphatic carbocycles. The summed E-state index contributed by atoms with van der Waals surface area (Å²) in [5.74, 6) is -0.645. The number of carbonyl (C=O) groups is 1. The Hall–Kier alpha value is -0.570. The van der Waals surface area contributed by atoms with Gasteiger partial charge in [0.25, 0.3) is 0 Å². The molecule has 1 unspecified atom stereocenters. The Labute approximate surface area is 119 Å². The second-order valence-electron chi connectivity index (χ2n) is 6.38. The summed E-state index contributed by atoms with van der Waals surface area (Å²) < 4.78 is 0. The van der Waals surface area contributed by atoms with Crippen LogP contribution in [0, 0.1) is 5.92 Å². The Bertz CT molecular complexity index is 233. The van der Waals surface area contributed by atoms with Gasteiger partial charge < -0.3 is 10.8 Å². The molecule has 0 aromatic carbocycles. The van der Waals surface area contributed by atoms with Crippen molar-refractivity contribution in [2.75, 3.05) is 0 Å². The SMILES string of the molecule is CCCCCCCCCCC(CC(=O)O)C(C)(C)N. The average molecular weight is 271 g/mol. The molecule has 3 heteroatoms. The monoisotopic (exact) mass is 271 g/mol. The minimum Gasteiger partial charge on any atom is -0.481 e. The van der Waals surface area contributed by atoms with Crippen LogP contribution in [0.4, 0.5) is 0 Å². The number of hydrogen-bond acceptors (Lipinski definition) is 2. The fourth-order valence-corrected chi connectivity index (χ4v) is 2.47. The van der Waals surface area contributed by atoms with Gasteiger partial charge in [0.05, 0.1) is 0 Å². The number of hydrogen-bond donors (Lipinski definition) is 2. The summed E-state index contributed by atoms with van der Waals surface area (Å²) in [5.41, 5.74) is 5.67. The fraction of sp³-hybridized carbons (Fsp3) is 0.938. The third kappa shape index (κ3) is 11.0. The molecule has 0 saturated heterocycles. The molecule has 0 heterocycles. The van der Waals surface area contributed by atoms with Crippen LogP contribution < -0.4 is 5.73 Å². The minimum absolute atomic E-state index is 0.0880. The number of aliphatic carboxylic acids is 1. The Morgan fingerprint density at radius 1 is 1.05 bits per heavy atom. The van der Waals surface area contributed by atoms with Gasteiger partial charge in [-0.1, -0.05) is 58.3 Å². The number of rotatable bonds is 12. The summed E-state index contributed by atoms with van der Waals surface area (Å²) >= 11 is 0. The fourth-order valence-electron chi connectivity index (χ4n) is 2.47. The molecule has 3 N–H and O–H groups in total. The van der Waals surface area contributed by atoms with Crippen LogP contribution >= 0.6 is 0 Å². The molecule has 114 valence electrons. The highest BCUT2D eigenvalue weighted by atomic mass is 16.4. The van der Waals surface area contributed by atoms with Crippen molar-refractivity contribution in [2.24, 2.45) is 11.7 Å². The van der Waals surface area contributed by atoms with E-state index in [4.69, 9.17) is 10.8 Å². The van der Waals surface area contributed by atoms with Crippen molar-refractivity contribution in [3.8, 4) is 0 Å². The molecular weight excluding hydrogens is 238 g/mol. The highest BCUT2D eigenvalue weighted by Crippen LogP contribution is 2.24. The van der Waals surface area contributed by atoms with Crippen molar-refractivity contribution in [3.63, 3.8) is 0 Å². The van der Waals surface area contributed by atoms with Crippen molar-refractivity contribution in [1.82, 2.24) is 0 Å². The Balaban J connectivity index is 3.67. The highest BCUT2D eigenvalue weighted by Gasteiger charge is 2.26. The second kappa shape index (κ2) is 10.2. The van der Waals surface area contributed by atoms with Crippen molar-refractivity contribution < 1.29 is 9.90 Å². The maximum absolute atomic E-state index is 10.8. The largest absolute Gasteiger partial charge is 0.481 e. The zero-order valence-corrected chi connectivity index (χ0v) is 13.1. The van der Waals surface area contributed by atoms with Crippen LogP contribution in [0.1, 0.15) is 85.0 Å². The Kier molecular flexibility index (Phi) is 9.94. The molecule has 0 amide bonds. The van der Waals surface area contributed by atoms with Crippen molar-refractivity contribution in [2.45, 2.75) is 90.5 Å². The van der Waals surface area contributed by atoms with Gasteiger partial charge in [-0.05, 0) is 26.2 Å². The molecule has 0 saturated carbocycles. The summed E-state index contributed by atoms with van der Waals surface area (Å²) in [7, 11) is 0. The van der Waals surface area contributed by atoms with E-state index >= 15 is 0 Å². The molecule has 19 heavy (non-hydrogen) atoms. The van der Waals surface area contributed by atoms with Gasteiger partial charge in [-0.2, -0.15) is 0 Å². The summed E-state index contributed by atoms with van der Waals surface area (Å²) in [6.45, 7) is 6.11. The third-order valence-electron chi connectivity index (χ3n) is 3.88. The van der Waals surface area contributed by atoms with E-state index in [9.17, 15) is 4.79 Å². The van der Waals surface area contributed by atoms with E-state index < -0.39 is 5.97 Å². The quantitative estimate of drug-likeness (QED) is 0.519. The first-order valence-electron chi connectivity index (χ1n) is 7.88. The van der Waals surface area contributed by atoms with Gasteiger partial charge in [0.15, 0.2) is 0 Å². The van der Waals surface area contributed by atoms with E-state index in [1.165, 1.54) is 44.9 Å². The van der Waals surface area contributed by atoms with Gasteiger partial charge in [0.1, 0.15) is 0 Å². The first-order valence-corrected chi connectivity index (χ1v) is 7.88. The van der Waals surface area contributed by atoms with Crippen LogP contribution in [0.15, 0.2) is 0 Å². The molecule has 0 aromatic rings. The third-order valence-corrected chi connectivity index (χ3v) is 3.88. The molecule has 1 atom stereocenters. The molecule has 0 aliphatic heterocycles. The standard InChI is InChI=1S/C16H33NO2/c1-4-5-6-7-8-9-10-11-12-14(13-15(18)19)16(2,3)17/h14H,4-13,17H2,1-3H3,(H,18,19). The van der Waals surface area contributed by atoms with E-state index in [0.717, 1.165) is 12.8 Å². The topological polar surface area (TPSA) is 63.3 Å². The Morgan fingerprint density at radius 2 is 1.53 bits per heavy atom. The number of unbranched alkanes of at least 4 members (excludes halogenated alkanes) is 7.